The second-order valence-corrected chi connectivity index (χ2v) is 7.23. The van der Waals surface area contributed by atoms with Gasteiger partial charge in [0.05, 0.1) is 0 Å². The number of benzene rings is 2. The van der Waals surface area contributed by atoms with E-state index in [1.165, 1.54) is 11.1 Å². The van der Waals surface area contributed by atoms with Crippen LogP contribution >= 0.6 is 31.9 Å². The molecule has 2 aromatic carbocycles. The number of carbonyl (C=O) groups is 1. The van der Waals surface area contributed by atoms with Crippen molar-refractivity contribution < 1.29 is 4.79 Å². The van der Waals surface area contributed by atoms with Gasteiger partial charge in [0, 0.05) is 15.0 Å². The largest absolute Gasteiger partial charge is 0.368 e. The number of nitrogens with two attached hydrogens (primary N) is 1. The number of primary amides is 1. The summed E-state index contributed by atoms with van der Waals surface area (Å²) in [6.07, 6.45) is 1.97. The quantitative estimate of drug-likeness (QED) is 0.780. The van der Waals surface area contributed by atoms with Crippen molar-refractivity contribution in [1.29, 1.82) is 0 Å². The molecule has 0 bridgehead atoms. The highest BCUT2D eigenvalue weighted by molar-refractivity contribution is 9.10. The molecule has 1 aliphatic rings. The van der Waals surface area contributed by atoms with Crippen molar-refractivity contribution >= 4 is 37.8 Å². The monoisotopic (exact) mass is 422 g/mol. The van der Waals surface area contributed by atoms with Crippen LogP contribution in [0.1, 0.15) is 35.2 Å². The molecule has 3 rings (SSSR count). The van der Waals surface area contributed by atoms with Gasteiger partial charge in [0.2, 0.25) is 5.91 Å². The van der Waals surface area contributed by atoms with E-state index in [1.807, 2.05) is 30.3 Å². The molecular formula is C17H16Br2N2O. The number of nitrogens with one attached hydrogen (secondary N) is 1. The second kappa shape index (κ2) is 6.52. The molecule has 22 heavy (non-hydrogen) atoms. The summed E-state index contributed by atoms with van der Waals surface area (Å²) in [6, 6.07) is 13.5. The minimum atomic E-state index is -0.493. The van der Waals surface area contributed by atoms with Crippen molar-refractivity contribution in [3.8, 4) is 0 Å². The molecule has 0 saturated carbocycles. The Bertz CT molecular complexity index is 718. The van der Waals surface area contributed by atoms with Crippen LogP contribution in [0.15, 0.2) is 51.4 Å². The van der Waals surface area contributed by atoms with Crippen LogP contribution in [-0.4, -0.2) is 5.91 Å². The average Bonchev–Trinajstić information content (AvgIpc) is 2.89. The molecule has 0 aliphatic heterocycles. The van der Waals surface area contributed by atoms with Gasteiger partial charge in [-0.05, 0) is 47.7 Å². The summed E-state index contributed by atoms with van der Waals surface area (Å²) in [5.74, 6) is -0.360. The Morgan fingerprint density at radius 2 is 2.00 bits per heavy atom. The number of halogens is 2. The fourth-order valence-electron chi connectivity index (χ4n) is 3.01. The highest BCUT2D eigenvalue weighted by Crippen LogP contribution is 2.37. The molecule has 1 amide bonds. The molecule has 2 aromatic rings. The molecule has 0 unspecified atom stereocenters. The Morgan fingerprint density at radius 1 is 1.23 bits per heavy atom. The summed E-state index contributed by atoms with van der Waals surface area (Å²) in [6.45, 7) is 0. The van der Waals surface area contributed by atoms with E-state index in [-0.39, 0.29) is 11.9 Å². The molecule has 5 heteroatoms. The van der Waals surface area contributed by atoms with Crippen LogP contribution in [0.5, 0.6) is 0 Å². The zero-order chi connectivity index (χ0) is 15.7. The first-order chi connectivity index (χ1) is 10.6. The third kappa shape index (κ3) is 3.12. The van der Waals surface area contributed by atoms with Gasteiger partial charge in [-0.3, -0.25) is 10.1 Å². The third-order valence-corrected chi connectivity index (χ3v) is 5.28. The topological polar surface area (TPSA) is 55.1 Å². The predicted octanol–water partition coefficient (Wildman–Crippen LogP) is 4.02. The number of hydrogen-bond donors (Lipinski definition) is 2. The number of fused-ring (bicyclic) bond motifs is 1. The van der Waals surface area contributed by atoms with Crippen molar-refractivity contribution in [2.24, 2.45) is 5.73 Å². The van der Waals surface area contributed by atoms with Gasteiger partial charge in [-0.1, -0.05) is 56.1 Å². The third-order valence-electron chi connectivity index (χ3n) is 4.05. The maximum atomic E-state index is 11.9. The van der Waals surface area contributed by atoms with E-state index >= 15 is 0 Å². The molecular weight excluding hydrogens is 408 g/mol. The Kier molecular flexibility index (Phi) is 4.66. The summed E-state index contributed by atoms with van der Waals surface area (Å²) < 4.78 is 2.07. The van der Waals surface area contributed by atoms with E-state index < -0.39 is 6.04 Å². The molecule has 0 aromatic heterocycles. The molecule has 0 heterocycles. The summed E-state index contributed by atoms with van der Waals surface area (Å²) in [7, 11) is 0. The number of carbonyl (C=O) groups excluding carboxylic acids is 1. The number of rotatable bonds is 4. The van der Waals surface area contributed by atoms with E-state index in [0.29, 0.717) is 0 Å². The fraction of sp³-hybridized carbons (Fsp3) is 0.235. The normalized spacial score (nSPS) is 18.0. The van der Waals surface area contributed by atoms with Gasteiger partial charge in [0.25, 0.3) is 0 Å². The zero-order valence-corrected chi connectivity index (χ0v) is 15.0. The van der Waals surface area contributed by atoms with Crippen LogP contribution in [0.2, 0.25) is 0 Å². The van der Waals surface area contributed by atoms with Crippen LogP contribution in [-0.2, 0) is 11.2 Å². The number of amides is 1. The fourth-order valence-corrected chi connectivity index (χ4v) is 4.01. The Morgan fingerprint density at radius 3 is 2.73 bits per heavy atom. The van der Waals surface area contributed by atoms with Gasteiger partial charge in [0.15, 0.2) is 0 Å². The molecule has 0 spiro atoms. The first-order valence-electron chi connectivity index (χ1n) is 7.14. The van der Waals surface area contributed by atoms with Gasteiger partial charge in [0.1, 0.15) is 6.04 Å². The molecule has 0 saturated heterocycles. The first-order valence-corrected chi connectivity index (χ1v) is 8.73. The molecule has 0 fully saturated rings. The maximum Gasteiger partial charge on any atom is 0.239 e. The smallest absolute Gasteiger partial charge is 0.239 e. The lowest BCUT2D eigenvalue weighted by molar-refractivity contribution is -0.120. The van der Waals surface area contributed by atoms with Crippen LogP contribution < -0.4 is 11.1 Å². The van der Waals surface area contributed by atoms with Gasteiger partial charge < -0.3 is 5.73 Å². The Hall–Kier alpha value is -1.17. The molecule has 3 nitrogen and oxygen atoms in total. The Labute approximate surface area is 146 Å². The van der Waals surface area contributed by atoms with Crippen LogP contribution in [0, 0.1) is 0 Å². The molecule has 2 atom stereocenters. The van der Waals surface area contributed by atoms with E-state index in [1.54, 1.807) is 0 Å². The molecule has 1 aliphatic carbocycles. The van der Waals surface area contributed by atoms with Crippen LogP contribution in [0.4, 0.5) is 0 Å². The molecule has 114 valence electrons. The van der Waals surface area contributed by atoms with E-state index in [9.17, 15) is 4.79 Å². The minimum absolute atomic E-state index is 0.143. The van der Waals surface area contributed by atoms with E-state index in [4.69, 9.17) is 5.73 Å². The average molecular weight is 424 g/mol. The summed E-state index contributed by atoms with van der Waals surface area (Å²) in [5.41, 5.74) is 9.06. The lowest BCUT2D eigenvalue weighted by Crippen LogP contribution is -2.35. The highest BCUT2D eigenvalue weighted by atomic mass is 79.9. The minimum Gasteiger partial charge on any atom is -0.368 e. The Balaban J connectivity index is 1.88. The highest BCUT2D eigenvalue weighted by Gasteiger charge is 2.28. The van der Waals surface area contributed by atoms with Gasteiger partial charge in [-0.15, -0.1) is 0 Å². The number of hydrogen-bond acceptors (Lipinski definition) is 2. The standard InChI is InChI=1S/C17H16Br2N2O/c18-11-4-1-3-10(9-11)16(17(20)22)21-15-8-7-12-13(15)5-2-6-14(12)19/h1-6,9,15-16,21H,7-8H2,(H2,20,22)/t15-,16+/m0/s1. The summed E-state index contributed by atoms with van der Waals surface area (Å²) in [4.78, 5) is 11.9. The lowest BCUT2D eigenvalue weighted by atomic mass is 10.0. The van der Waals surface area contributed by atoms with Crippen molar-refractivity contribution in [2.45, 2.75) is 24.9 Å². The van der Waals surface area contributed by atoms with Gasteiger partial charge in [-0.25, -0.2) is 0 Å². The molecule has 0 radical (unpaired) electrons. The summed E-state index contributed by atoms with van der Waals surface area (Å²) in [5, 5.41) is 3.43. The lowest BCUT2D eigenvalue weighted by Gasteiger charge is -2.22. The van der Waals surface area contributed by atoms with E-state index in [2.05, 4.69) is 49.3 Å². The van der Waals surface area contributed by atoms with Crippen molar-refractivity contribution in [2.75, 3.05) is 0 Å². The van der Waals surface area contributed by atoms with Crippen LogP contribution in [0.3, 0.4) is 0 Å². The van der Waals surface area contributed by atoms with Crippen molar-refractivity contribution in [3.05, 3.63) is 68.1 Å². The summed E-state index contributed by atoms with van der Waals surface area (Å²) >= 11 is 7.04. The predicted molar refractivity (Wildman–Crippen MR) is 94.4 cm³/mol. The maximum absolute atomic E-state index is 11.9. The first kappa shape index (κ1) is 15.7. The van der Waals surface area contributed by atoms with Crippen LogP contribution in [0.25, 0.3) is 0 Å². The van der Waals surface area contributed by atoms with Gasteiger partial charge in [-0.2, -0.15) is 0 Å². The van der Waals surface area contributed by atoms with Crippen molar-refractivity contribution in [1.82, 2.24) is 5.32 Å². The SMILES string of the molecule is NC(=O)[C@H](N[C@H]1CCc2c(Br)cccc21)c1cccc(Br)c1. The van der Waals surface area contributed by atoms with Crippen molar-refractivity contribution in [3.63, 3.8) is 0 Å². The second-order valence-electron chi connectivity index (χ2n) is 5.46. The molecule has 3 N–H and O–H groups in total. The zero-order valence-electron chi connectivity index (χ0n) is 11.9. The van der Waals surface area contributed by atoms with Gasteiger partial charge >= 0.3 is 0 Å². The van der Waals surface area contributed by atoms with E-state index in [0.717, 1.165) is 27.4 Å².